The van der Waals surface area contributed by atoms with Crippen LogP contribution in [-0.4, -0.2) is 79.4 Å². The van der Waals surface area contributed by atoms with Crippen LogP contribution in [0.5, 0.6) is 17.2 Å². The average molecular weight is 940 g/mol. The lowest BCUT2D eigenvalue weighted by atomic mass is 10.1. The maximum absolute atomic E-state index is 6.41. The molecule has 12 aromatic rings. The molecule has 6 atom stereocenters. The molecule has 12 heterocycles. The number of pyridine rings is 5. The van der Waals surface area contributed by atoms with Crippen LogP contribution in [-0.2, 0) is 27.3 Å². The summed E-state index contributed by atoms with van der Waals surface area (Å²) in [4.78, 5) is 29.3. The second-order valence-electron chi connectivity index (χ2n) is 19.3. The Bertz CT molecular complexity index is 4100. The average Bonchev–Trinajstić information content (AvgIpc) is 4.27. The molecule has 6 unspecified atom stereocenters. The molecule has 350 valence electrons. The summed E-state index contributed by atoms with van der Waals surface area (Å²) in [5, 5.41) is 14.6. The SMILES string of the molecule is COc1ccn2cc(C3CC3c3cnn4c(COc5ccn6cc(C7CC7c7c8nccc(COc9ccn%10cc(C%11CC%11c%11nn(C)c%12cccnc%11%12)nc%10c9)c8nn7C)nc6c5)ccnc34)nc2c1. The molecule has 3 aliphatic carbocycles. The van der Waals surface area contributed by atoms with Crippen molar-refractivity contribution in [3.05, 3.63) is 168 Å². The zero-order valence-electron chi connectivity index (χ0n) is 39.0. The molecule has 0 aromatic carbocycles. The molecule has 0 radical (unpaired) electrons. The minimum Gasteiger partial charge on any atom is -0.497 e. The maximum Gasteiger partial charge on any atom is 0.158 e. The van der Waals surface area contributed by atoms with Crippen molar-refractivity contribution in [1.82, 2.24) is 72.3 Å². The van der Waals surface area contributed by atoms with Crippen LogP contribution in [0.4, 0.5) is 0 Å². The molecule has 3 fully saturated rings. The first kappa shape index (κ1) is 40.2. The highest BCUT2D eigenvalue weighted by molar-refractivity contribution is 5.82. The number of nitrogens with zero attached hydrogens (tertiary/aromatic N) is 15. The Hall–Kier alpha value is -8.67. The van der Waals surface area contributed by atoms with E-state index in [2.05, 4.69) is 38.4 Å². The van der Waals surface area contributed by atoms with E-state index in [-0.39, 0.29) is 11.8 Å². The van der Waals surface area contributed by atoms with Crippen LogP contribution in [0.1, 0.15) is 100 Å². The topological polar surface area (TPSA) is 171 Å². The summed E-state index contributed by atoms with van der Waals surface area (Å²) in [6, 6.07) is 19.8. The minimum atomic E-state index is 0.243. The zero-order chi connectivity index (χ0) is 47.1. The fourth-order valence-electron chi connectivity index (χ4n) is 11.0. The van der Waals surface area contributed by atoms with Crippen molar-refractivity contribution < 1.29 is 14.2 Å². The first-order chi connectivity index (χ1) is 34.9. The van der Waals surface area contributed by atoms with E-state index in [1.807, 2.05) is 130 Å². The molecule has 15 rings (SSSR count). The van der Waals surface area contributed by atoms with E-state index in [9.17, 15) is 0 Å². The van der Waals surface area contributed by atoms with Gasteiger partial charge in [-0.3, -0.25) is 19.3 Å². The van der Waals surface area contributed by atoms with Crippen molar-refractivity contribution in [2.45, 2.75) is 68.0 Å². The smallest absolute Gasteiger partial charge is 0.158 e. The van der Waals surface area contributed by atoms with Gasteiger partial charge in [0.05, 0.1) is 53.0 Å². The number of aryl methyl sites for hydroxylation is 2. The Balaban J connectivity index is 0.605. The summed E-state index contributed by atoms with van der Waals surface area (Å²) in [5.74, 6) is 4.02. The second kappa shape index (κ2) is 15.2. The summed E-state index contributed by atoms with van der Waals surface area (Å²) in [6.45, 7) is 0.683. The molecular formula is C53H45N15O3. The molecule has 0 amide bonds. The molecule has 12 aromatic heterocycles. The molecular weight excluding hydrogens is 895 g/mol. The van der Waals surface area contributed by atoms with Crippen LogP contribution < -0.4 is 14.2 Å². The van der Waals surface area contributed by atoms with E-state index < -0.39 is 0 Å². The highest BCUT2D eigenvalue weighted by Gasteiger charge is 2.46. The molecule has 18 heteroatoms. The fraction of sp³-hybridized carbons (Fsp3) is 0.264. The third kappa shape index (κ3) is 6.64. The van der Waals surface area contributed by atoms with Gasteiger partial charge < -0.3 is 27.4 Å². The van der Waals surface area contributed by atoms with Crippen LogP contribution in [0.3, 0.4) is 0 Å². The molecule has 0 aliphatic heterocycles. The molecule has 0 saturated heterocycles. The van der Waals surface area contributed by atoms with Crippen LogP contribution in [0.15, 0.2) is 123 Å². The Kier molecular flexibility index (Phi) is 8.59. The summed E-state index contributed by atoms with van der Waals surface area (Å²) in [7, 11) is 5.66. The Labute approximate surface area is 404 Å². The van der Waals surface area contributed by atoms with Gasteiger partial charge in [-0.05, 0) is 67.6 Å². The molecule has 0 spiro atoms. The largest absolute Gasteiger partial charge is 0.497 e. The van der Waals surface area contributed by atoms with Gasteiger partial charge in [0.25, 0.3) is 0 Å². The number of methoxy groups -OCH3 is 1. The van der Waals surface area contributed by atoms with Gasteiger partial charge >= 0.3 is 0 Å². The van der Waals surface area contributed by atoms with Gasteiger partial charge in [-0.2, -0.15) is 15.3 Å². The summed E-state index contributed by atoms with van der Waals surface area (Å²) in [6.07, 6.45) is 22.8. The fourth-order valence-corrected chi connectivity index (χ4v) is 11.0. The summed E-state index contributed by atoms with van der Waals surface area (Å²) in [5.41, 5.74) is 15.6. The van der Waals surface area contributed by atoms with E-state index >= 15 is 0 Å². The lowest BCUT2D eigenvalue weighted by Crippen LogP contribution is -2.05. The molecule has 3 aliphatic rings. The van der Waals surface area contributed by atoms with E-state index in [0.717, 1.165) is 126 Å². The van der Waals surface area contributed by atoms with Gasteiger partial charge in [0.15, 0.2) is 5.65 Å². The minimum absolute atomic E-state index is 0.243. The summed E-state index contributed by atoms with van der Waals surface area (Å²) >= 11 is 0. The van der Waals surface area contributed by atoms with E-state index in [0.29, 0.717) is 36.9 Å². The Morgan fingerprint density at radius 3 is 1.93 bits per heavy atom. The predicted octanol–water partition coefficient (Wildman–Crippen LogP) is 8.22. The molecule has 3 saturated carbocycles. The van der Waals surface area contributed by atoms with Crippen LogP contribution in [0.2, 0.25) is 0 Å². The zero-order valence-corrected chi connectivity index (χ0v) is 39.0. The van der Waals surface area contributed by atoms with Crippen molar-refractivity contribution in [2.75, 3.05) is 7.11 Å². The third-order valence-electron chi connectivity index (χ3n) is 15.0. The van der Waals surface area contributed by atoms with Crippen LogP contribution in [0.25, 0.3) is 44.7 Å². The highest BCUT2D eigenvalue weighted by atomic mass is 16.5. The number of imidazole rings is 3. The molecule has 0 N–H and O–H groups in total. The quantitative estimate of drug-likeness (QED) is 0.109. The summed E-state index contributed by atoms with van der Waals surface area (Å²) < 4.78 is 30.2. The number of ether oxygens (including phenoxy) is 3. The van der Waals surface area contributed by atoms with Crippen LogP contribution >= 0.6 is 0 Å². The van der Waals surface area contributed by atoms with Gasteiger partial charge in [-0.1, -0.05) is 0 Å². The van der Waals surface area contributed by atoms with E-state index in [1.165, 1.54) is 0 Å². The number of aromatic nitrogens is 15. The Morgan fingerprint density at radius 1 is 0.577 bits per heavy atom. The predicted molar refractivity (Wildman–Crippen MR) is 261 cm³/mol. The van der Waals surface area contributed by atoms with Gasteiger partial charge in [0, 0.05) is 129 Å². The first-order valence-electron chi connectivity index (χ1n) is 24.0. The van der Waals surface area contributed by atoms with Gasteiger partial charge in [0.2, 0.25) is 0 Å². The number of hydrogen-bond acceptors (Lipinski definition) is 12. The van der Waals surface area contributed by atoms with Crippen molar-refractivity contribution in [3.63, 3.8) is 0 Å². The lowest BCUT2D eigenvalue weighted by molar-refractivity contribution is 0.298. The molecule has 71 heavy (non-hydrogen) atoms. The van der Waals surface area contributed by atoms with E-state index in [4.69, 9.17) is 54.4 Å². The number of hydrogen-bond donors (Lipinski definition) is 0. The van der Waals surface area contributed by atoms with Crippen molar-refractivity contribution >= 4 is 44.7 Å². The van der Waals surface area contributed by atoms with Gasteiger partial charge in [0.1, 0.15) is 64.0 Å². The van der Waals surface area contributed by atoms with E-state index in [1.54, 1.807) is 7.11 Å². The molecule has 18 nitrogen and oxygen atoms in total. The third-order valence-corrected chi connectivity index (χ3v) is 15.0. The number of fused-ring (bicyclic) bond motifs is 6. The maximum atomic E-state index is 6.41. The number of rotatable bonds is 13. The molecule has 0 bridgehead atoms. The monoisotopic (exact) mass is 939 g/mol. The first-order valence-corrected chi connectivity index (χ1v) is 24.0. The highest BCUT2D eigenvalue weighted by Crippen LogP contribution is 2.57. The lowest BCUT2D eigenvalue weighted by Gasteiger charge is -2.08. The van der Waals surface area contributed by atoms with Crippen molar-refractivity contribution in [3.8, 4) is 17.2 Å². The van der Waals surface area contributed by atoms with Gasteiger partial charge in [-0.15, -0.1) is 0 Å². The second-order valence-corrected chi connectivity index (χ2v) is 19.3. The van der Waals surface area contributed by atoms with Gasteiger partial charge in [-0.25, -0.2) is 24.5 Å². The Morgan fingerprint density at radius 2 is 1.20 bits per heavy atom. The van der Waals surface area contributed by atoms with Crippen molar-refractivity contribution in [1.29, 1.82) is 0 Å². The normalized spacial score (nSPS) is 20.5. The van der Waals surface area contributed by atoms with Crippen LogP contribution in [0, 0.1) is 0 Å². The standard InChI is InChI=1S/C53H45N15O3/c1-63-44-5-4-11-54-50(44)49(62-63)38-21-36(38)42-25-66-15-9-32(18-46(66)59-42)70-27-29-6-12-55-51-48(29)61-64(2)52(51)39-22-37(39)43-26-67-16-10-33(19-47(67)60-43)71-28-30-7-13-56-53-40(23-57-68(30)53)34-20-35(34)41-24-65-14-8-31(69-3)17-45(65)58-41/h4-19,23-26,34-39H,20-22,27-28H2,1-3H3. The van der Waals surface area contributed by atoms with Crippen molar-refractivity contribution in [2.24, 2.45) is 14.1 Å².